The van der Waals surface area contributed by atoms with Gasteiger partial charge in [-0.15, -0.1) is 0 Å². The first-order valence-corrected chi connectivity index (χ1v) is 10.2. The third-order valence-electron chi connectivity index (χ3n) is 3.35. The third kappa shape index (κ3) is 5.65. The highest BCUT2D eigenvalue weighted by Crippen LogP contribution is 2.59. The van der Waals surface area contributed by atoms with Crippen molar-refractivity contribution in [2.24, 2.45) is 0 Å². The summed E-state index contributed by atoms with van der Waals surface area (Å²) in [5, 5.41) is 6.53. The van der Waals surface area contributed by atoms with Crippen LogP contribution in [0.2, 0.25) is 0 Å². The van der Waals surface area contributed by atoms with E-state index >= 15 is 0 Å². The summed E-state index contributed by atoms with van der Waals surface area (Å²) in [6.07, 6.45) is 0. The molecule has 2 aromatic rings. The van der Waals surface area contributed by atoms with E-state index in [-0.39, 0.29) is 13.2 Å². The molecule has 0 saturated heterocycles. The predicted octanol–water partition coefficient (Wildman–Crippen LogP) is 4.94. The molecule has 0 amide bonds. The van der Waals surface area contributed by atoms with Crippen molar-refractivity contribution < 1.29 is 13.6 Å². The van der Waals surface area contributed by atoms with Gasteiger partial charge in [0.25, 0.3) is 0 Å². The second kappa shape index (κ2) is 9.68. The van der Waals surface area contributed by atoms with Gasteiger partial charge in [-0.25, -0.2) is 0 Å². The van der Waals surface area contributed by atoms with Crippen LogP contribution in [-0.2, 0) is 13.6 Å². The molecule has 2 rings (SSSR count). The van der Waals surface area contributed by atoms with Gasteiger partial charge in [-0.05, 0) is 43.8 Å². The average molecular weight is 378 g/mol. The number of hydrogen-bond donors (Lipinski definition) is 2. The fraction of sp³-hybridized carbons (Fsp3) is 0.278. The van der Waals surface area contributed by atoms with Crippen molar-refractivity contribution in [1.82, 2.24) is 5.32 Å². The van der Waals surface area contributed by atoms with Crippen LogP contribution in [0.5, 0.6) is 0 Å². The van der Waals surface area contributed by atoms with Crippen LogP contribution in [0.15, 0.2) is 60.7 Å². The minimum Gasteiger partial charge on any atom is -0.345 e. The molecule has 0 heterocycles. The van der Waals surface area contributed by atoms with Gasteiger partial charge in [-0.1, -0.05) is 48.5 Å². The molecule has 0 bridgehead atoms. The monoisotopic (exact) mass is 378 g/mol. The van der Waals surface area contributed by atoms with Gasteiger partial charge in [0.05, 0.1) is 13.2 Å². The second-order valence-corrected chi connectivity index (χ2v) is 7.67. The van der Waals surface area contributed by atoms with Crippen molar-refractivity contribution in [2.75, 3.05) is 18.5 Å². The molecular weight excluding hydrogens is 355 g/mol. The van der Waals surface area contributed by atoms with Crippen LogP contribution >= 0.6 is 19.8 Å². The highest BCUT2D eigenvalue weighted by atomic mass is 32.1. The summed E-state index contributed by atoms with van der Waals surface area (Å²) in [7, 11) is -3.45. The lowest BCUT2D eigenvalue weighted by molar-refractivity contribution is 0.210. The molecular formula is C18H23N2O3PS. The lowest BCUT2D eigenvalue weighted by Gasteiger charge is -2.28. The molecule has 1 atom stereocenters. The van der Waals surface area contributed by atoms with Crippen molar-refractivity contribution in [1.29, 1.82) is 0 Å². The lowest BCUT2D eigenvalue weighted by atomic mass is 10.2. The molecule has 0 unspecified atom stereocenters. The molecule has 0 radical (unpaired) electrons. The molecule has 0 aromatic heterocycles. The highest BCUT2D eigenvalue weighted by molar-refractivity contribution is 7.80. The maximum atomic E-state index is 13.3. The molecule has 0 aliphatic rings. The van der Waals surface area contributed by atoms with Crippen molar-refractivity contribution >= 4 is 30.6 Å². The molecule has 0 spiro atoms. The van der Waals surface area contributed by atoms with Gasteiger partial charge in [-0.3, -0.25) is 4.57 Å². The number of rotatable bonds is 8. The van der Waals surface area contributed by atoms with Crippen LogP contribution in [0.25, 0.3) is 0 Å². The van der Waals surface area contributed by atoms with Crippen LogP contribution in [-0.4, -0.2) is 18.3 Å². The smallest absolute Gasteiger partial charge is 0.345 e. The van der Waals surface area contributed by atoms with Crippen LogP contribution in [0.3, 0.4) is 0 Å². The maximum Gasteiger partial charge on any atom is 0.357 e. The highest BCUT2D eigenvalue weighted by Gasteiger charge is 2.37. The number of thiocarbonyl (C=S) groups is 1. The van der Waals surface area contributed by atoms with E-state index in [1.807, 2.05) is 60.7 Å². The van der Waals surface area contributed by atoms with Crippen LogP contribution in [0.4, 0.5) is 5.69 Å². The quantitative estimate of drug-likeness (QED) is 0.501. The number of hydrogen-bond acceptors (Lipinski definition) is 4. The SMILES string of the molecule is CCOP(=O)(OCC)[C@H](NC(=S)Nc1ccccc1)c1ccccc1. The van der Waals surface area contributed by atoms with Crippen molar-refractivity contribution in [3.8, 4) is 0 Å². The Morgan fingerprint density at radius 1 is 1.00 bits per heavy atom. The molecule has 5 nitrogen and oxygen atoms in total. The number of para-hydroxylation sites is 1. The molecule has 25 heavy (non-hydrogen) atoms. The Morgan fingerprint density at radius 2 is 1.52 bits per heavy atom. The maximum absolute atomic E-state index is 13.3. The number of benzene rings is 2. The van der Waals surface area contributed by atoms with Gasteiger partial charge in [-0.2, -0.15) is 0 Å². The van der Waals surface area contributed by atoms with E-state index < -0.39 is 13.4 Å². The first kappa shape index (κ1) is 19.6. The fourth-order valence-electron chi connectivity index (χ4n) is 2.34. The van der Waals surface area contributed by atoms with Gasteiger partial charge < -0.3 is 19.7 Å². The van der Waals surface area contributed by atoms with E-state index in [0.29, 0.717) is 5.11 Å². The normalized spacial score (nSPS) is 12.4. The molecule has 0 fully saturated rings. The summed E-state index contributed by atoms with van der Waals surface area (Å²) in [5.74, 6) is -0.697. The lowest BCUT2D eigenvalue weighted by Crippen LogP contribution is -2.33. The first-order chi connectivity index (χ1) is 12.1. The van der Waals surface area contributed by atoms with Crippen LogP contribution < -0.4 is 10.6 Å². The molecule has 0 aliphatic heterocycles. The zero-order valence-corrected chi connectivity index (χ0v) is 16.1. The van der Waals surface area contributed by atoms with Crippen molar-refractivity contribution in [3.63, 3.8) is 0 Å². The van der Waals surface area contributed by atoms with Gasteiger partial charge >= 0.3 is 7.60 Å². The predicted molar refractivity (Wildman–Crippen MR) is 106 cm³/mol. The zero-order valence-electron chi connectivity index (χ0n) is 14.3. The topological polar surface area (TPSA) is 59.6 Å². The molecule has 134 valence electrons. The minimum atomic E-state index is -3.45. The van der Waals surface area contributed by atoms with Crippen LogP contribution in [0, 0.1) is 0 Å². The van der Waals surface area contributed by atoms with E-state index in [4.69, 9.17) is 21.3 Å². The molecule has 0 saturated carbocycles. The largest absolute Gasteiger partial charge is 0.357 e. The van der Waals surface area contributed by atoms with E-state index in [1.54, 1.807) is 13.8 Å². The summed E-state index contributed by atoms with van der Waals surface area (Å²) >= 11 is 5.39. The molecule has 2 aromatic carbocycles. The second-order valence-electron chi connectivity index (χ2n) is 5.15. The summed E-state index contributed by atoms with van der Waals surface area (Å²) in [6.45, 7) is 4.13. The van der Waals surface area contributed by atoms with E-state index in [1.165, 1.54) is 0 Å². The molecule has 7 heteroatoms. The summed E-state index contributed by atoms with van der Waals surface area (Å²) in [5.41, 5.74) is 1.62. The number of nitrogens with one attached hydrogen (secondary N) is 2. The molecule has 2 N–H and O–H groups in total. The van der Waals surface area contributed by atoms with E-state index in [9.17, 15) is 4.57 Å². The van der Waals surface area contributed by atoms with Gasteiger partial charge in [0.2, 0.25) is 0 Å². The third-order valence-corrected chi connectivity index (χ3v) is 5.86. The van der Waals surface area contributed by atoms with E-state index in [0.717, 1.165) is 11.3 Å². The standard InChI is InChI=1S/C18H23N2O3PS/c1-3-22-24(21,23-4-2)17(15-11-7-5-8-12-15)20-18(25)19-16-13-9-6-10-14-16/h5-14,17H,3-4H2,1-2H3,(H2,19,20,25)/t17-/m0/s1. The Labute approximate surface area is 154 Å². The summed E-state index contributed by atoms with van der Waals surface area (Å²) in [6, 6.07) is 18.9. The Kier molecular flexibility index (Phi) is 7.59. The number of anilines is 1. The van der Waals surface area contributed by atoms with Crippen molar-refractivity contribution in [3.05, 3.63) is 66.2 Å². The minimum absolute atomic E-state index is 0.279. The van der Waals surface area contributed by atoms with Gasteiger partial charge in [0.1, 0.15) is 0 Å². The average Bonchev–Trinajstić information content (AvgIpc) is 2.61. The van der Waals surface area contributed by atoms with Crippen molar-refractivity contribution in [2.45, 2.75) is 19.6 Å². The van der Waals surface area contributed by atoms with Crippen LogP contribution in [0.1, 0.15) is 25.2 Å². The Hall–Kier alpha value is -1.72. The summed E-state index contributed by atoms with van der Waals surface area (Å²) in [4.78, 5) is 0. The van der Waals surface area contributed by atoms with Gasteiger partial charge in [0, 0.05) is 5.69 Å². The van der Waals surface area contributed by atoms with E-state index in [2.05, 4.69) is 10.6 Å². The van der Waals surface area contributed by atoms with Gasteiger partial charge in [0.15, 0.2) is 10.9 Å². The fourth-order valence-corrected chi connectivity index (χ4v) is 4.58. The Bertz CT molecular complexity index is 703. The Morgan fingerprint density at radius 3 is 2.04 bits per heavy atom. The summed E-state index contributed by atoms with van der Waals surface area (Å²) < 4.78 is 24.3. The Balaban J connectivity index is 2.25. The molecule has 0 aliphatic carbocycles. The zero-order chi connectivity index (χ0) is 18.1. The first-order valence-electron chi connectivity index (χ1n) is 8.15.